The lowest BCUT2D eigenvalue weighted by Crippen LogP contribution is -2.42. The number of nitrogens with one attached hydrogen (secondary N) is 2. The lowest BCUT2D eigenvalue weighted by Gasteiger charge is -2.27. The van der Waals surface area contributed by atoms with Gasteiger partial charge in [-0.2, -0.15) is 5.10 Å². The Labute approximate surface area is 153 Å². The molecule has 3 rings (SSSR count). The van der Waals surface area contributed by atoms with Crippen LogP contribution in [0, 0.1) is 0 Å². The van der Waals surface area contributed by atoms with E-state index >= 15 is 0 Å². The van der Waals surface area contributed by atoms with Crippen molar-refractivity contribution in [1.82, 2.24) is 15.5 Å². The zero-order chi connectivity index (χ0) is 18.0. The predicted octanol–water partition coefficient (Wildman–Crippen LogP) is 3.28. The number of nitrogens with zero attached hydrogens (tertiary/aromatic N) is 1. The molecule has 1 aromatic heterocycles. The molecule has 0 aliphatic carbocycles. The first-order chi connectivity index (χ1) is 11.9. The predicted molar refractivity (Wildman–Crippen MR) is 101 cm³/mol. The quantitative estimate of drug-likeness (QED) is 0.706. The zero-order valence-corrected chi connectivity index (χ0v) is 15.6. The summed E-state index contributed by atoms with van der Waals surface area (Å²) < 4.78 is 0.988. The SMILES string of the molecule is CC(C)(NC(=O)Cc1n[nH]c(=O)c2ccccc12)c1ccc(Br)cc1. The molecule has 0 atom stereocenters. The maximum absolute atomic E-state index is 12.5. The van der Waals surface area contributed by atoms with Gasteiger partial charge in [0.05, 0.1) is 23.0 Å². The summed E-state index contributed by atoms with van der Waals surface area (Å²) in [7, 11) is 0. The highest BCUT2D eigenvalue weighted by molar-refractivity contribution is 9.10. The van der Waals surface area contributed by atoms with E-state index in [0.717, 1.165) is 10.0 Å². The molecule has 6 heteroatoms. The maximum atomic E-state index is 12.5. The van der Waals surface area contributed by atoms with E-state index in [1.54, 1.807) is 18.2 Å². The van der Waals surface area contributed by atoms with Crippen LogP contribution in [0.15, 0.2) is 57.8 Å². The van der Waals surface area contributed by atoms with Gasteiger partial charge in [0.2, 0.25) is 5.91 Å². The average molecular weight is 400 g/mol. The average Bonchev–Trinajstić information content (AvgIpc) is 2.57. The highest BCUT2D eigenvalue weighted by Gasteiger charge is 2.23. The van der Waals surface area contributed by atoms with E-state index in [9.17, 15) is 9.59 Å². The Hall–Kier alpha value is -2.47. The lowest BCUT2D eigenvalue weighted by atomic mass is 9.94. The third-order valence-electron chi connectivity index (χ3n) is 4.12. The molecule has 128 valence electrons. The summed E-state index contributed by atoms with van der Waals surface area (Å²) in [5, 5.41) is 10.8. The third-order valence-corrected chi connectivity index (χ3v) is 4.65. The van der Waals surface area contributed by atoms with E-state index in [4.69, 9.17) is 0 Å². The van der Waals surface area contributed by atoms with Crippen molar-refractivity contribution >= 4 is 32.6 Å². The Morgan fingerprint density at radius 1 is 1.12 bits per heavy atom. The van der Waals surface area contributed by atoms with Gasteiger partial charge in [-0.05, 0) is 37.6 Å². The van der Waals surface area contributed by atoms with Gasteiger partial charge < -0.3 is 5.32 Å². The molecule has 0 saturated carbocycles. The van der Waals surface area contributed by atoms with Crippen molar-refractivity contribution in [3.8, 4) is 0 Å². The minimum atomic E-state index is -0.518. The summed E-state index contributed by atoms with van der Waals surface area (Å²) in [6.45, 7) is 3.90. The topological polar surface area (TPSA) is 74.8 Å². The number of benzene rings is 2. The molecule has 2 aromatic carbocycles. The second-order valence-electron chi connectivity index (χ2n) is 6.40. The minimum absolute atomic E-state index is 0.0945. The molecule has 0 radical (unpaired) electrons. The molecule has 1 amide bonds. The fraction of sp³-hybridized carbons (Fsp3) is 0.211. The van der Waals surface area contributed by atoms with Gasteiger partial charge in [0, 0.05) is 9.86 Å². The number of rotatable bonds is 4. The first kappa shape index (κ1) is 17.4. The van der Waals surface area contributed by atoms with Crippen molar-refractivity contribution < 1.29 is 4.79 Å². The number of aromatic amines is 1. The van der Waals surface area contributed by atoms with Crippen molar-refractivity contribution in [2.75, 3.05) is 0 Å². The number of carbonyl (C=O) groups excluding carboxylic acids is 1. The van der Waals surface area contributed by atoms with Crippen LogP contribution in [0.4, 0.5) is 0 Å². The normalized spacial score (nSPS) is 11.5. The Balaban J connectivity index is 1.82. The first-order valence-corrected chi connectivity index (χ1v) is 8.69. The van der Waals surface area contributed by atoms with Crippen LogP contribution in [-0.4, -0.2) is 16.1 Å². The van der Waals surface area contributed by atoms with Crippen LogP contribution in [0.25, 0.3) is 10.8 Å². The van der Waals surface area contributed by atoms with Gasteiger partial charge in [0.1, 0.15) is 0 Å². The molecule has 5 nitrogen and oxygen atoms in total. The summed E-state index contributed by atoms with van der Waals surface area (Å²) in [5.41, 5.74) is 0.785. The number of aromatic nitrogens is 2. The molecular weight excluding hydrogens is 382 g/mol. The Morgan fingerprint density at radius 3 is 2.44 bits per heavy atom. The molecule has 3 aromatic rings. The fourth-order valence-electron chi connectivity index (χ4n) is 2.79. The van der Waals surface area contributed by atoms with Crippen LogP contribution in [0.1, 0.15) is 25.1 Å². The summed E-state index contributed by atoms with van der Waals surface area (Å²) in [6.07, 6.45) is 0.0945. The van der Waals surface area contributed by atoms with Crippen LogP contribution in [0.3, 0.4) is 0 Å². The monoisotopic (exact) mass is 399 g/mol. The van der Waals surface area contributed by atoms with E-state index < -0.39 is 5.54 Å². The molecule has 0 unspecified atom stereocenters. The highest BCUT2D eigenvalue weighted by atomic mass is 79.9. The standard InChI is InChI=1S/C19H18BrN3O2/c1-19(2,12-7-9-13(20)10-8-12)21-17(24)11-16-14-5-3-4-6-15(14)18(25)23-22-16/h3-10H,11H2,1-2H3,(H,21,24)(H,23,25). The van der Waals surface area contributed by atoms with Gasteiger partial charge in [-0.1, -0.05) is 46.3 Å². The number of H-pyrrole nitrogens is 1. The Kier molecular flexibility index (Phi) is 4.72. The zero-order valence-electron chi connectivity index (χ0n) is 14.0. The summed E-state index contributed by atoms with van der Waals surface area (Å²) in [6, 6.07) is 15.0. The van der Waals surface area contributed by atoms with Gasteiger partial charge >= 0.3 is 0 Å². The van der Waals surface area contributed by atoms with Crippen molar-refractivity contribution in [2.45, 2.75) is 25.8 Å². The largest absolute Gasteiger partial charge is 0.347 e. The maximum Gasteiger partial charge on any atom is 0.272 e. The number of fused-ring (bicyclic) bond motifs is 1. The van der Waals surface area contributed by atoms with Crippen molar-refractivity contribution in [2.24, 2.45) is 0 Å². The fourth-order valence-corrected chi connectivity index (χ4v) is 3.05. The number of carbonyl (C=O) groups is 1. The molecule has 0 saturated heterocycles. The molecule has 0 aliphatic heterocycles. The Morgan fingerprint density at radius 2 is 1.76 bits per heavy atom. The number of halogens is 1. The Bertz CT molecular complexity index is 978. The molecule has 0 spiro atoms. The second-order valence-corrected chi connectivity index (χ2v) is 7.32. The van der Waals surface area contributed by atoms with Gasteiger partial charge in [0.15, 0.2) is 0 Å². The molecule has 25 heavy (non-hydrogen) atoms. The van der Waals surface area contributed by atoms with E-state index in [2.05, 4.69) is 31.4 Å². The number of hydrogen-bond donors (Lipinski definition) is 2. The van der Waals surface area contributed by atoms with Crippen LogP contribution in [0.2, 0.25) is 0 Å². The van der Waals surface area contributed by atoms with Gasteiger partial charge in [-0.25, -0.2) is 5.10 Å². The highest BCUT2D eigenvalue weighted by Crippen LogP contribution is 2.22. The van der Waals surface area contributed by atoms with Crippen molar-refractivity contribution in [1.29, 1.82) is 0 Å². The van der Waals surface area contributed by atoms with E-state index in [1.807, 2.05) is 44.2 Å². The smallest absolute Gasteiger partial charge is 0.272 e. The first-order valence-electron chi connectivity index (χ1n) is 7.90. The minimum Gasteiger partial charge on any atom is -0.347 e. The van der Waals surface area contributed by atoms with Crippen LogP contribution in [0.5, 0.6) is 0 Å². The molecule has 0 bridgehead atoms. The third kappa shape index (κ3) is 3.79. The summed E-state index contributed by atoms with van der Waals surface area (Å²) in [4.78, 5) is 24.4. The molecule has 0 aliphatic rings. The number of hydrogen-bond acceptors (Lipinski definition) is 3. The molecule has 0 fully saturated rings. The van der Waals surface area contributed by atoms with Gasteiger partial charge in [-0.3, -0.25) is 9.59 Å². The molecular formula is C19H18BrN3O2. The van der Waals surface area contributed by atoms with Crippen molar-refractivity contribution in [3.63, 3.8) is 0 Å². The van der Waals surface area contributed by atoms with E-state index in [-0.39, 0.29) is 17.9 Å². The van der Waals surface area contributed by atoms with Gasteiger partial charge in [0.25, 0.3) is 5.56 Å². The van der Waals surface area contributed by atoms with Crippen LogP contribution >= 0.6 is 15.9 Å². The van der Waals surface area contributed by atoms with E-state index in [1.165, 1.54) is 0 Å². The molecule has 1 heterocycles. The number of amides is 1. The van der Waals surface area contributed by atoms with Crippen LogP contribution in [-0.2, 0) is 16.8 Å². The summed E-state index contributed by atoms with van der Waals surface area (Å²) >= 11 is 3.41. The lowest BCUT2D eigenvalue weighted by molar-refractivity contribution is -0.122. The van der Waals surface area contributed by atoms with E-state index in [0.29, 0.717) is 16.5 Å². The second kappa shape index (κ2) is 6.80. The van der Waals surface area contributed by atoms with Crippen molar-refractivity contribution in [3.05, 3.63) is 74.6 Å². The van der Waals surface area contributed by atoms with Crippen LogP contribution < -0.4 is 10.9 Å². The molecule has 2 N–H and O–H groups in total. The summed E-state index contributed by atoms with van der Waals surface area (Å²) in [5.74, 6) is -0.155. The van der Waals surface area contributed by atoms with Gasteiger partial charge in [-0.15, -0.1) is 0 Å².